The lowest BCUT2D eigenvalue weighted by molar-refractivity contribution is 0.183. The number of anilines is 1. The molecular weight excluding hydrogens is 286 g/mol. The van der Waals surface area contributed by atoms with Gasteiger partial charge >= 0.3 is 0 Å². The summed E-state index contributed by atoms with van der Waals surface area (Å²) in [5.74, 6) is 1.85. The third-order valence-corrected chi connectivity index (χ3v) is 4.21. The van der Waals surface area contributed by atoms with Crippen LogP contribution in [0.4, 0.5) is 5.82 Å². The van der Waals surface area contributed by atoms with Crippen molar-refractivity contribution in [1.82, 2.24) is 9.88 Å². The zero-order valence-corrected chi connectivity index (χ0v) is 13.6. The first-order valence-electron chi connectivity index (χ1n) is 8.50. The van der Waals surface area contributed by atoms with E-state index in [1.165, 1.54) is 32.4 Å². The summed E-state index contributed by atoms with van der Waals surface area (Å²) in [5.41, 5.74) is 1.16. The molecule has 1 aromatic carbocycles. The van der Waals surface area contributed by atoms with E-state index in [1.54, 1.807) is 6.20 Å². The number of likely N-dealkylation sites (tertiary alicyclic amines) is 1. The summed E-state index contributed by atoms with van der Waals surface area (Å²) in [6, 6.07) is 14.1. The van der Waals surface area contributed by atoms with Crippen LogP contribution >= 0.6 is 0 Å². The van der Waals surface area contributed by atoms with Crippen LogP contribution in [0, 0.1) is 0 Å². The highest BCUT2D eigenvalue weighted by Crippen LogP contribution is 2.19. The van der Waals surface area contributed by atoms with E-state index in [9.17, 15) is 0 Å². The van der Waals surface area contributed by atoms with Gasteiger partial charge in [-0.1, -0.05) is 30.7 Å². The van der Waals surface area contributed by atoms with E-state index in [0.717, 1.165) is 36.8 Å². The number of nitrogens with zero attached hydrogens (tertiary/aromatic N) is 2. The number of benzene rings is 1. The van der Waals surface area contributed by atoms with Gasteiger partial charge in [-0.25, -0.2) is 4.98 Å². The highest BCUT2D eigenvalue weighted by atomic mass is 16.5. The van der Waals surface area contributed by atoms with Crippen molar-refractivity contribution < 1.29 is 4.74 Å². The zero-order chi connectivity index (χ0) is 15.7. The van der Waals surface area contributed by atoms with Crippen LogP contribution in [-0.4, -0.2) is 36.1 Å². The lowest BCUT2D eigenvalue weighted by atomic mass is 10.1. The number of pyridine rings is 1. The zero-order valence-electron chi connectivity index (χ0n) is 13.6. The Morgan fingerprint density at radius 3 is 2.65 bits per heavy atom. The fraction of sp³-hybridized carbons (Fsp3) is 0.421. The molecule has 2 aromatic rings. The van der Waals surface area contributed by atoms with Crippen LogP contribution in [-0.2, 0) is 6.54 Å². The second-order valence-corrected chi connectivity index (χ2v) is 5.93. The van der Waals surface area contributed by atoms with E-state index in [-0.39, 0.29) is 0 Å². The van der Waals surface area contributed by atoms with E-state index in [4.69, 9.17) is 4.74 Å². The predicted molar refractivity (Wildman–Crippen MR) is 93.8 cm³/mol. The molecule has 23 heavy (non-hydrogen) atoms. The summed E-state index contributed by atoms with van der Waals surface area (Å²) in [4.78, 5) is 6.79. The normalized spacial score (nSPS) is 15.3. The summed E-state index contributed by atoms with van der Waals surface area (Å²) in [7, 11) is 0. The molecule has 0 bridgehead atoms. The summed E-state index contributed by atoms with van der Waals surface area (Å²) in [6.45, 7) is 4.91. The highest BCUT2D eigenvalue weighted by Gasteiger charge is 2.10. The standard InChI is InChI=1S/C19H25N3O/c1-6-12-22(13-7-1)14-15-23-18-9-3-2-8-17(18)16-21-19-10-4-5-11-20-19/h2-5,8-11H,1,6-7,12-16H2,(H,20,21). The first kappa shape index (κ1) is 15.8. The predicted octanol–water partition coefficient (Wildman–Crippen LogP) is 3.56. The second-order valence-electron chi connectivity index (χ2n) is 5.93. The van der Waals surface area contributed by atoms with Crippen LogP contribution in [0.15, 0.2) is 48.7 Å². The minimum absolute atomic E-state index is 0.719. The summed E-state index contributed by atoms with van der Waals surface area (Å²) in [5, 5.41) is 3.34. The maximum atomic E-state index is 6.03. The Hall–Kier alpha value is -2.07. The van der Waals surface area contributed by atoms with Gasteiger partial charge in [-0.15, -0.1) is 0 Å². The van der Waals surface area contributed by atoms with Gasteiger partial charge in [0.25, 0.3) is 0 Å². The van der Waals surface area contributed by atoms with Crippen molar-refractivity contribution in [3.8, 4) is 5.75 Å². The van der Waals surface area contributed by atoms with Gasteiger partial charge in [0, 0.05) is 24.8 Å². The van der Waals surface area contributed by atoms with Crippen LogP contribution in [0.5, 0.6) is 5.75 Å². The molecule has 4 nitrogen and oxygen atoms in total. The summed E-state index contributed by atoms with van der Waals surface area (Å²) < 4.78 is 6.03. The molecular formula is C19H25N3O. The van der Waals surface area contributed by atoms with E-state index in [0.29, 0.717) is 0 Å². The maximum absolute atomic E-state index is 6.03. The van der Waals surface area contributed by atoms with Crippen LogP contribution in [0.1, 0.15) is 24.8 Å². The third kappa shape index (κ3) is 4.96. The van der Waals surface area contributed by atoms with Crippen LogP contribution in [0.3, 0.4) is 0 Å². The van der Waals surface area contributed by atoms with Crippen LogP contribution in [0.25, 0.3) is 0 Å². The number of aromatic nitrogens is 1. The minimum Gasteiger partial charge on any atom is -0.492 e. The maximum Gasteiger partial charge on any atom is 0.126 e. The highest BCUT2D eigenvalue weighted by molar-refractivity contribution is 5.39. The number of piperidine rings is 1. The third-order valence-electron chi connectivity index (χ3n) is 4.21. The quantitative estimate of drug-likeness (QED) is 0.848. The van der Waals surface area contributed by atoms with E-state index in [1.807, 2.05) is 36.4 Å². The molecule has 0 atom stereocenters. The number of para-hydroxylation sites is 1. The Labute approximate surface area is 138 Å². The molecule has 0 saturated carbocycles. The molecule has 1 aliphatic rings. The van der Waals surface area contributed by atoms with Crippen LogP contribution in [0.2, 0.25) is 0 Å². The molecule has 1 saturated heterocycles. The van der Waals surface area contributed by atoms with Gasteiger partial charge in [-0.05, 0) is 44.1 Å². The van der Waals surface area contributed by atoms with Crippen molar-refractivity contribution in [1.29, 1.82) is 0 Å². The summed E-state index contributed by atoms with van der Waals surface area (Å²) >= 11 is 0. The van der Waals surface area contributed by atoms with E-state index < -0.39 is 0 Å². The number of rotatable bonds is 7. The van der Waals surface area contributed by atoms with Crippen molar-refractivity contribution in [3.05, 3.63) is 54.2 Å². The Kier molecular flexibility index (Phi) is 5.87. The van der Waals surface area contributed by atoms with Crippen molar-refractivity contribution in [2.45, 2.75) is 25.8 Å². The number of nitrogens with one attached hydrogen (secondary N) is 1. The van der Waals surface area contributed by atoms with Gasteiger partial charge in [0.2, 0.25) is 0 Å². The van der Waals surface area contributed by atoms with Crippen LogP contribution < -0.4 is 10.1 Å². The average Bonchev–Trinajstić information content (AvgIpc) is 2.63. The molecule has 1 N–H and O–H groups in total. The fourth-order valence-electron chi connectivity index (χ4n) is 2.91. The van der Waals surface area contributed by atoms with Gasteiger partial charge in [0.1, 0.15) is 18.2 Å². The first-order valence-corrected chi connectivity index (χ1v) is 8.50. The lowest BCUT2D eigenvalue weighted by Crippen LogP contribution is -2.33. The molecule has 0 unspecified atom stereocenters. The average molecular weight is 311 g/mol. The molecule has 1 aromatic heterocycles. The molecule has 4 heteroatoms. The number of ether oxygens (including phenoxy) is 1. The Balaban J connectivity index is 1.50. The molecule has 0 amide bonds. The Bertz CT molecular complexity index is 582. The molecule has 0 radical (unpaired) electrons. The largest absolute Gasteiger partial charge is 0.492 e. The molecule has 2 heterocycles. The van der Waals surface area contributed by atoms with Crippen molar-refractivity contribution in [2.24, 2.45) is 0 Å². The molecule has 1 aliphatic heterocycles. The van der Waals surface area contributed by atoms with Gasteiger partial charge in [0.05, 0.1) is 0 Å². The SMILES string of the molecule is c1ccc(NCc2ccccc2OCCN2CCCCC2)nc1. The van der Waals surface area contributed by atoms with Crippen molar-refractivity contribution in [2.75, 3.05) is 31.6 Å². The topological polar surface area (TPSA) is 37.4 Å². The summed E-state index contributed by atoms with van der Waals surface area (Å²) in [6.07, 6.45) is 5.82. The van der Waals surface area contributed by atoms with Gasteiger partial charge in [-0.3, -0.25) is 4.90 Å². The Morgan fingerprint density at radius 2 is 1.83 bits per heavy atom. The molecule has 1 fully saturated rings. The Morgan fingerprint density at radius 1 is 1.00 bits per heavy atom. The number of hydrogen-bond acceptors (Lipinski definition) is 4. The van der Waals surface area contributed by atoms with Crippen molar-refractivity contribution in [3.63, 3.8) is 0 Å². The van der Waals surface area contributed by atoms with E-state index >= 15 is 0 Å². The van der Waals surface area contributed by atoms with Gasteiger partial charge in [0.15, 0.2) is 0 Å². The number of hydrogen-bond donors (Lipinski definition) is 1. The lowest BCUT2D eigenvalue weighted by Gasteiger charge is -2.26. The fourth-order valence-corrected chi connectivity index (χ4v) is 2.91. The molecule has 122 valence electrons. The molecule has 0 spiro atoms. The van der Waals surface area contributed by atoms with Crippen molar-refractivity contribution >= 4 is 5.82 Å². The molecule has 0 aliphatic carbocycles. The smallest absolute Gasteiger partial charge is 0.126 e. The molecule has 3 rings (SSSR count). The second kappa shape index (κ2) is 8.53. The van der Waals surface area contributed by atoms with Gasteiger partial charge in [-0.2, -0.15) is 0 Å². The van der Waals surface area contributed by atoms with E-state index in [2.05, 4.69) is 21.3 Å². The van der Waals surface area contributed by atoms with Gasteiger partial charge < -0.3 is 10.1 Å². The monoisotopic (exact) mass is 311 g/mol. The first-order chi connectivity index (χ1) is 11.4. The minimum atomic E-state index is 0.719.